The van der Waals surface area contributed by atoms with Gasteiger partial charge >= 0.3 is 0 Å². The molecule has 0 fully saturated rings. The van der Waals surface area contributed by atoms with Crippen molar-refractivity contribution in [3.8, 4) is 0 Å². The number of anilines is 1. The molecule has 1 aromatic heterocycles. The molecular formula is C26H28N4O3. The Kier molecular flexibility index (Phi) is 5.09. The molecule has 2 aliphatic carbocycles. The van der Waals surface area contributed by atoms with Gasteiger partial charge < -0.3 is 10.4 Å². The van der Waals surface area contributed by atoms with Crippen molar-refractivity contribution in [1.82, 2.24) is 9.89 Å². The zero-order valence-electron chi connectivity index (χ0n) is 19.1. The van der Waals surface area contributed by atoms with Gasteiger partial charge in [0.05, 0.1) is 34.7 Å². The van der Waals surface area contributed by atoms with Gasteiger partial charge in [-0.05, 0) is 42.0 Å². The highest BCUT2D eigenvalue weighted by atomic mass is 16.3. The molecule has 2 aromatic carbocycles. The van der Waals surface area contributed by atoms with Crippen molar-refractivity contribution in [2.24, 2.45) is 5.41 Å². The van der Waals surface area contributed by atoms with Crippen LogP contribution in [0.5, 0.6) is 0 Å². The van der Waals surface area contributed by atoms with E-state index in [0.29, 0.717) is 41.8 Å². The number of carbonyl (C=O) groups is 2. The van der Waals surface area contributed by atoms with Gasteiger partial charge in [-0.1, -0.05) is 50.2 Å². The summed E-state index contributed by atoms with van der Waals surface area (Å²) >= 11 is 0. The van der Waals surface area contributed by atoms with Crippen molar-refractivity contribution in [2.45, 2.75) is 52.2 Å². The number of fused-ring (bicyclic) bond motifs is 2. The Balaban J connectivity index is 1.43. The molecule has 0 unspecified atom stereocenters. The summed E-state index contributed by atoms with van der Waals surface area (Å²) in [4.78, 5) is 27.4. The molecule has 5 rings (SSSR count). The SMILES string of the molecule is Cc1nn(NC(=O)c2ccccc2N[C@@H]2c3ccccc3C[C@@H]2O)c2c1C(=O)CC(C)(C)C2. The van der Waals surface area contributed by atoms with Crippen LogP contribution in [0.15, 0.2) is 48.5 Å². The van der Waals surface area contributed by atoms with Crippen molar-refractivity contribution in [2.75, 3.05) is 10.7 Å². The molecule has 1 amide bonds. The summed E-state index contributed by atoms with van der Waals surface area (Å²) in [6.45, 7) is 5.89. The highest BCUT2D eigenvalue weighted by Gasteiger charge is 2.36. The largest absolute Gasteiger partial charge is 0.390 e. The maximum absolute atomic E-state index is 13.3. The lowest BCUT2D eigenvalue weighted by Gasteiger charge is -2.29. The minimum atomic E-state index is -0.576. The molecule has 0 spiro atoms. The Hall–Kier alpha value is -3.45. The highest BCUT2D eigenvalue weighted by Crippen LogP contribution is 2.36. The van der Waals surface area contributed by atoms with E-state index in [4.69, 9.17) is 0 Å². The first-order chi connectivity index (χ1) is 15.7. The number of hydrogen-bond donors (Lipinski definition) is 3. The molecule has 0 saturated carbocycles. The van der Waals surface area contributed by atoms with Crippen LogP contribution in [0.1, 0.15) is 69.5 Å². The molecule has 2 atom stereocenters. The number of rotatable bonds is 4. The summed E-state index contributed by atoms with van der Waals surface area (Å²) in [5.74, 6) is -0.268. The fraction of sp³-hybridized carbons (Fsp3) is 0.346. The van der Waals surface area contributed by atoms with E-state index < -0.39 is 6.10 Å². The predicted molar refractivity (Wildman–Crippen MR) is 126 cm³/mol. The van der Waals surface area contributed by atoms with E-state index in [9.17, 15) is 14.7 Å². The third-order valence-electron chi connectivity index (χ3n) is 6.61. The molecule has 3 N–H and O–H groups in total. The number of benzene rings is 2. The number of carbonyl (C=O) groups excluding carboxylic acids is 2. The molecule has 7 heteroatoms. The summed E-state index contributed by atoms with van der Waals surface area (Å²) in [5.41, 5.74) is 7.89. The molecule has 1 heterocycles. The first kappa shape index (κ1) is 21.4. The van der Waals surface area contributed by atoms with Gasteiger partial charge in [0.25, 0.3) is 5.91 Å². The number of nitrogens with zero attached hydrogens (tertiary/aromatic N) is 2. The van der Waals surface area contributed by atoms with Crippen molar-refractivity contribution in [1.29, 1.82) is 0 Å². The standard InChI is InChI=1S/C26H28N4O3/c1-15-23-20(13-26(2,3)14-22(23)32)30(28-15)29-25(33)18-10-6-7-11-19(18)27-24-17-9-5-4-8-16(17)12-21(24)31/h4-11,21,24,27,31H,12-14H2,1-3H3,(H,29,33)/t21-,24+/m0/s1. The average molecular weight is 445 g/mol. The van der Waals surface area contributed by atoms with E-state index in [2.05, 4.69) is 15.8 Å². The van der Waals surface area contributed by atoms with E-state index in [0.717, 1.165) is 16.8 Å². The third kappa shape index (κ3) is 3.82. The van der Waals surface area contributed by atoms with Gasteiger partial charge in [0.1, 0.15) is 0 Å². The minimum Gasteiger partial charge on any atom is -0.390 e. The van der Waals surface area contributed by atoms with Gasteiger partial charge in [-0.25, -0.2) is 5.43 Å². The molecule has 33 heavy (non-hydrogen) atoms. The smallest absolute Gasteiger partial charge is 0.273 e. The van der Waals surface area contributed by atoms with E-state index in [1.807, 2.05) is 50.2 Å². The summed E-state index contributed by atoms with van der Waals surface area (Å²) < 4.78 is 0. The van der Waals surface area contributed by atoms with Crippen LogP contribution in [-0.2, 0) is 12.8 Å². The maximum atomic E-state index is 13.3. The van der Waals surface area contributed by atoms with Crippen molar-refractivity contribution >= 4 is 17.4 Å². The molecule has 0 bridgehead atoms. The topological polar surface area (TPSA) is 96.2 Å². The van der Waals surface area contributed by atoms with Crippen LogP contribution in [0.25, 0.3) is 0 Å². The molecule has 7 nitrogen and oxygen atoms in total. The van der Waals surface area contributed by atoms with Gasteiger partial charge in [-0.3, -0.25) is 9.59 Å². The van der Waals surface area contributed by atoms with E-state index in [1.54, 1.807) is 19.1 Å². The van der Waals surface area contributed by atoms with Crippen LogP contribution in [0.3, 0.4) is 0 Å². The van der Waals surface area contributed by atoms with E-state index in [-0.39, 0.29) is 23.1 Å². The van der Waals surface area contributed by atoms with Gasteiger partial charge in [-0.15, -0.1) is 0 Å². The molecule has 3 aromatic rings. The Labute approximate surface area is 192 Å². The van der Waals surface area contributed by atoms with Crippen LogP contribution in [0.2, 0.25) is 0 Å². The molecule has 2 aliphatic rings. The molecular weight excluding hydrogens is 416 g/mol. The maximum Gasteiger partial charge on any atom is 0.273 e. The van der Waals surface area contributed by atoms with Crippen molar-refractivity contribution in [3.63, 3.8) is 0 Å². The lowest BCUT2D eigenvalue weighted by molar-refractivity contribution is 0.0906. The van der Waals surface area contributed by atoms with E-state index >= 15 is 0 Å². The van der Waals surface area contributed by atoms with Gasteiger partial charge in [-0.2, -0.15) is 9.89 Å². The first-order valence-corrected chi connectivity index (χ1v) is 11.3. The van der Waals surface area contributed by atoms with E-state index in [1.165, 1.54) is 4.79 Å². The second-order valence-electron chi connectivity index (χ2n) is 9.84. The summed E-state index contributed by atoms with van der Waals surface area (Å²) in [6, 6.07) is 14.9. The zero-order chi connectivity index (χ0) is 23.3. The summed E-state index contributed by atoms with van der Waals surface area (Å²) in [7, 11) is 0. The average Bonchev–Trinajstić information content (AvgIpc) is 3.23. The van der Waals surface area contributed by atoms with Crippen molar-refractivity contribution in [3.05, 3.63) is 82.2 Å². The second-order valence-corrected chi connectivity index (χ2v) is 9.84. The number of para-hydroxylation sites is 1. The van der Waals surface area contributed by atoms with Gasteiger partial charge in [0.15, 0.2) is 5.78 Å². The van der Waals surface area contributed by atoms with Crippen LogP contribution in [-0.4, -0.2) is 32.8 Å². The Bertz CT molecular complexity index is 1260. The second kappa shape index (κ2) is 7.85. The predicted octanol–water partition coefficient (Wildman–Crippen LogP) is 3.80. The third-order valence-corrected chi connectivity index (χ3v) is 6.61. The molecule has 0 radical (unpaired) electrons. The number of amides is 1. The summed E-state index contributed by atoms with van der Waals surface area (Å²) in [5, 5.41) is 18.5. The number of ketones is 1. The molecule has 0 saturated heterocycles. The minimum absolute atomic E-state index is 0.0650. The number of hydrogen-bond acceptors (Lipinski definition) is 5. The number of aromatic nitrogens is 2. The Morgan fingerprint density at radius 1 is 1.12 bits per heavy atom. The van der Waals surface area contributed by atoms with Crippen molar-refractivity contribution < 1.29 is 14.7 Å². The highest BCUT2D eigenvalue weighted by molar-refractivity contribution is 6.05. The number of nitrogens with one attached hydrogen (secondary N) is 2. The normalized spacial score (nSPS) is 20.8. The number of aryl methyl sites for hydroxylation is 1. The zero-order valence-corrected chi connectivity index (χ0v) is 19.1. The first-order valence-electron chi connectivity index (χ1n) is 11.3. The Morgan fingerprint density at radius 3 is 2.67 bits per heavy atom. The summed E-state index contributed by atoms with van der Waals surface area (Å²) in [6.07, 6.45) is 1.12. The van der Waals surface area contributed by atoms with Crippen LogP contribution >= 0.6 is 0 Å². The quantitative estimate of drug-likeness (QED) is 0.569. The fourth-order valence-electron chi connectivity index (χ4n) is 5.11. The molecule has 0 aliphatic heterocycles. The monoisotopic (exact) mass is 444 g/mol. The number of aliphatic hydroxyl groups excluding tert-OH is 1. The lowest BCUT2D eigenvalue weighted by Crippen LogP contribution is -2.32. The fourth-order valence-corrected chi connectivity index (χ4v) is 5.11. The van der Waals surface area contributed by atoms with Crippen LogP contribution < -0.4 is 10.7 Å². The van der Waals surface area contributed by atoms with Gasteiger partial charge in [0.2, 0.25) is 0 Å². The van der Waals surface area contributed by atoms with Gasteiger partial charge in [0, 0.05) is 18.5 Å². The van der Waals surface area contributed by atoms with Crippen LogP contribution in [0, 0.1) is 12.3 Å². The Morgan fingerprint density at radius 2 is 1.85 bits per heavy atom. The molecule has 170 valence electrons. The number of aliphatic hydroxyl groups is 1. The number of Topliss-reactive ketones (excluding diaryl/α,β-unsaturated/α-hetero) is 1. The lowest BCUT2D eigenvalue weighted by atomic mass is 9.76. The van der Waals surface area contributed by atoms with Crippen LogP contribution in [0.4, 0.5) is 5.69 Å².